The molecule has 3 rings (SSSR count). The van der Waals surface area contributed by atoms with E-state index in [1.54, 1.807) is 12.1 Å². The molecule has 0 aliphatic heterocycles. The summed E-state index contributed by atoms with van der Waals surface area (Å²) in [6.07, 6.45) is 1.36. The van der Waals surface area contributed by atoms with E-state index >= 15 is 0 Å². The van der Waals surface area contributed by atoms with Crippen molar-refractivity contribution >= 4 is 10.0 Å². The second kappa shape index (κ2) is 7.85. The van der Waals surface area contributed by atoms with Crippen LogP contribution in [0.15, 0.2) is 47.5 Å². The summed E-state index contributed by atoms with van der Waals surface area (Å²) in [6, 6.07) is 6.67. The number of ether oxygens (including phenoxy) is 1. The van der Waals surface area contributed by atoms with Gasteiger partial charge in [0.1, 0.15) is 6.10 Å². The fourth-order valence-electron chi connectivity index (χ4n) is 2.89. The molecule has 146 valence electrons. The minimum Gasteiger partial charge on any atom is -0.474 e. The smallest absolute Gasteiger partial charge is 0.416 e. The molecule has 9 heteroatoms. The summed E-state index contributed by atoms with van der Waals surface area (Å²) < 4.78 is 70.5. The van der Waals surface area contributed by atoms with Gasteiger partial charge in [-0.15, -0.1) is 0 Å². The first kappa shape index (κ1) is 19.6. The number of hydrogen-bond donors (Lipinski definition) is 1. The van der Waals surface area contributed by atoms with Gasteiger partial charge in [0.25, 0.3) is 0 Å². The molecular weight excluding hydrogens is 381 g/mol. The fraction of sp³-hybridized carbons (Fsp3) is 0.389. The molecule has 0 radical (unpaired) electrons. The van der Waals surface area contributed by atoms with Crippen molar-refractivity contribution in [3.8, 4) is 5.88 Å². The van der Waals surface area contributed by atoms with Crippen molar-refractivity contribution in [2.24, 2.45) is 0 Å². The number of sulfonamides is 1. The maximum Gasteiger partial charge on any atom is 0.416 e. The van der Waals surface area contributed by atoms with Crippen molar-refractivity contribution in [1.29, 1.82) is 0 Å². The Morgan fingerprint density at radius 2 is 1.78 bits per heavy atom. The number of hydrogen-bond acceptors (Lipinski definition) is 4. The molecule has 27 heavy (non-hydrogen) atoms. The number of benzene rings is 1. The number of pyridine rings is 1. The number of nitrogens with one attached hydrogen (secondary N) is 1. The van der Waals surface area contributed by atoms with Crippen LogP contribution in [0.25, 0.3) is 0 Å². The van der Waals surface area contributed by atoms with Crippen LogP contribution in [-0.2, 0) is 22.7 Å². The van der Waals surface area contributed by atoms with Crippen molar-refractivity contribution in [2.45, 2.75) is 49.4 Å². The van der Waals surface area contributed by atoms with E-state index in [4.69, 9.17) is 4.74 Å². The van der Waals surface area contributed by atoms with Crippen LogP contribution in [-0.4, -0.2) is 19.5 Å². The van der Waals surface area contributed by atoms with E-state index in [9.17, 15) is 21.6 Å². The van der Waals surface area contributed by atoms with Crippen LogP contribution < -0.4 is 9.46 Å². The van der Waals surface area contributed by atoms with E-state index in [2.05, 4.69) is 9.71 Å². The highest BCUT2D eigenvalue weighted by atomic mass is 32.2. The molecule has 1 aliphatic rings. The molecular formula is C18H19F3N2O3S. The Balaban J connectivity index is 1.64. The van der Waals surface area contributed by atoms with Crippen LogP contribution in [0, 0.1) is 0 Å². The Kier molecular flexibility index (Phi) is 5.71. The lowest BCUT2D eigenvalue weighted by molar-refractivity contribution is -0.137. The first-order valence-electron chi connectivity index (χ1n) is 8.52. The Bertz CT molecular complexity index is 877. The predicted molar refractivity (Wildman–Crippen MR) is 92.6 cm³/mol. The molecule has 1 N–H and O–H groups in total. The first-order chi connectivity index (χ1) is 12.7. The summed E-state index contributed by atoms with van der Waals surface area (Å²) in [5.41, 5.74) is -0.252. The topological polar surface area (TPSA) is 68.3 Å². The molecule has 0 amide bonds. The summed E-state index contributed by atoms with van der Waals surface area (Å²) in [5, 5.41) is 0. The predicted octanol–water partition coefficient (Wildman–Crippen LogP) is 3.90. The van der Waals surface area contributed by atoms with Gasteiger partial charge in [0, 0.05) is 18.8 Å². The van der Waals surface area contributed by atoms with E-state index in [1.807, 2.05) is 0 Å². The van der Waals surface area contributed by atoms with Gasteiger partial charge in [-0.1, -0.05) is 0 Å². The highest BCUT2D eigenvalue weighted by molar-refractivity contribution is 7.89. The Hall–Kier alpha value is -2.13. The number of aromatic nitrogens is 1. The molecule has 0 bridgehead atoms. The van der Waals surface area contributed by atoms with Crippen molar-refractivity contribution in [2.75, 3.05) is 0 Å². The van der Waals surface area contributed by atoms with E-state index < -0.39 is 21.8 Å². The van der Waals surface area contributed by atoms with Crippen LogP contribution in [0.2, 0.25) is 0 Å². The molecule has 1 aromatic carbocycles. The summed E-state index contributed by atoms with van der Waals surface area (Å²) in [5.74, 6) is 0.438. The fourth-order valence-corrected chi connectivity index (χ4v) is 3.90. The molecule has 0 spiro atoms. The Morgan fingerprint density at radius 3 is 2.41 bits per heavy atom. The monoisotopic (exact) mass is 400 g/mol. The van der Waals surface area contributed by atoms with Gasteiger partial charge in [0.2, 0.25) is 15.9 Å². The molecule has 5 nitrogen and oxygen atoms in total. The Labute approximate surface area is 155 Å². The molecule has 1 aromatic heterocycles. The Morgan fingerprint density at radius 1 is 1.11 bits per heavy atom. The summed E-state index contributed by atoms with van der Waals surface area (Å²) in [6.45, 7) is -0.0209. The van der Waals surface area contributed by atoms with Gasteiger partial charge < -0.3 is 4.74 Å². The van der Waals surface area contributed by atoms with Crippen molar-refractivity contribution < 1.29 is 26.3 Å². The maximum absolute atomic E-state index is 12.6. The van der Waals surface area contributed by atoms with Crippen molar-refractivity contribution in [3.05, 3.63) is 53.7 Å². The summed E-state index contributed by atoms with van der Waals surface area (Å²) >= 11 is 0. The minimum absolute atomic E-state index is 0.0209. The molecule has 0 saturated heterocycles. The molecule has 1 aliphatic carbocycles. The van der Waals surface area contributed by atoms with Crippen LogP contribution in [0.4, 0.5) is 13.2 Å². The average molecular weight is 400 g/mol. The summed E-state index contributed by atoms with van der Waals surface area (Å²) in [7, 11) is -3.93. The average Bonchev–Trinajstić information content (AvgIpc) is 3.13. The number of halogens is 3. The molecule has 0 atom stereocenters. The molecule has 0 unspecified atom stereocenters. The minimum atomic E-state index is -4.51. The second-order valence-corrected chi connectivity index (χ2v) is 8.14. The lowest BCUT2D eigenvalue weighted by atomic mass is 10.2. The van der Waals surface area contributed by atoms with E-state index in [0.717, 1.165) is 49.9 Å². The van der Waals surface area contributed by atoms with Gasteiger partial charge in [-0.25, -0.2) is 18.1 Å². The van der Waals surface area contributed by atoms with E-state index in [0.29, 0.717) is 11.4 Å². The van der Waals surface area contributed by atoms with Gasteiger partial charge >= 0.3 is 6.18 Å². The van der Waals surface area contributed by atoms with Gasteiger partial charge in [-0.3, -0.25) is 0 Å². The van der Waals surface area contributed by atoms with Crippen LogP contribution >= 0.6 is 0 Å². The third-order valence-corrected chi connectivity index (χ3v) is 5.76. The van der Waals surface area contributed by atoms with Crippen molar-refractivity contribution in [1.82, 2.24) is 9.71 Å². The third kappa shape index (κ3) is 5.20. The normalized spacial score (nSPS) is 15.8. The lowest BCUT2D eigenvalue weighted by Gasteiger charge is -2.13. The second-order valence-electron chi connectivity index (χ2n) is 6.37. The summed E-state index contributed by atoms with van der Waals surface area (Å²) in [4.78, 5) is 3.90. The number of rotatable bonds is 6. The third-order valence-electron chi connectivity index (χ3n) is 4.35. The molecule has 1 heterocycles. The standard InChI is InChI=1S/C18H19F3N2O3S/c19-18(20,21)14-5-7-16(8-6-14)27(24,25)23-12-13-9-10-22-17(11-13)26-15-3-1-2-4-15/h5-11,15,23H,1-4,12H2. The number of nitrogens with zero attached hydrogens (tertiary/aromatic N) is 1. The van der Waals surface area contributed by atoms with Crippen molar-refractivity contribution in [3.63, 3.8) is 0 Å². The zero-order valence-electron chi connectivity index (χ0n) is 14.4. The zero-order valence-corrected chi connectivity index (χ0v) is 15.2. The lowest BCUT2D eigenvalue weighted by Crippen LogP contribution is -2.23. The van der Waals surface area contributed by atoms with Crippen LogP contribution in [0.1, 0.15) is 36.8 Å². The first-order valence-corrected chi connectivity index (χ1v) is 10.0. The van der Waals surface area contributed by atoms with E-state index in [1.165, 1.54) is 6.20 Å². The van der Waals surface area contributed by atoms with Gasteiger partial charge in [0.05, 0.1) is 10.5 Å². The number of alkyl halides is 3. The van der Waals surface area contributed by atoms with Crippen LogP contribution in [0.5, 0.6) is 5.88 Å². The highest BCUT2D eigenvalue weighted by Gasteiger charge is 2.30. The SMILES string of the molecule is O=S(=O)(NCc1ccnc(OC2CCCC2)c1)c1ccc(C(F)(F)F)cc1. The molecule has 1 fully saturated rings. The largest absolute Gasteiger partial charge is 0.474 e. The van der Waals surface area contributed by atoms with Crippen LogP contribution in [0.3, 0.4) is 0 Å². The molecule has 2 aromatic rings. The van der Waals surface area contributed by atoms with Gasteiger partial charge in [0.15, 0.2) is 0 Å². The van der Waals surface area contributed by atoms with E-state index in [-0.39, 0.29) is 17.5 Å². The molecule has 1 saturated carbocycles. The quantitative estimate of drug-likeness (QED) is 0.799. The maximum atomic E-state index is 12.6. The zero-order chi connectivity index (χ0) is 19.5. The highest BCUT2D eigenvalue weighted by Crippen LogP contribution is 2.29. The van der Waals surface area contributed by atoms with Gasteiger partial charge in [-0.2, -0.15) is 13.2 Å². The van der Waals surface area contributed by atoms with Gasteiger partial charge in [-0.05, 0) is 61.6 Å².